The molecule has 0 spiro atoms. The van der Waals surface area contributed by atoms with Crippen LogP contribution >= 0.6 is 24.8 Å². The minimum atomic E-state index is 0. The summed E-state index contributed by atoms with van der Waals surface area (Å²) in [6.45, 7) is 1.99. The van der Waals surface area contributed by atoms with Crippen molar-refractivity contribution in [3.05, 3.63) is 11.8 Å². The average molecular weight is 211 g/mol. The zero-order valence-electron chi connectivity index (χ0n) is 6.65. The fourth-order valence-corrected chi connectivity index (χ4v) is 0.707. The Balaban J connectivity index is 0. The van der Waals surface area contributed by atoms with E-state index in [-0.39, 0.29) is 30.8 Å². The molecule has 1 aromatic heterocycles. The summed E-state index contributed by atoms with van der Waals surface area (Å²) in [4.78, 5) is 7.59. The minimum Gasteiger partial charge on any atom is -0.383 e. The maximum atomic E-state index is 5.50. The first-order valence-electron chi connectivity index (χ1n) is 3.11. The second-order valence-corrected chi connectivity index (χ2v) is 1.99. The van der Waals surface area contributed by atoms with Crippen LogP contribution in [0.3, 0.4) is 0 Å². The number of hydrogen-bond acceptors (Lipinski definition) is 4. The van der Waals surface area contributed by atoms with E-state index < -0.39 is 0 Å². The van der Waals surface area contributed by atoms with Gasteiger partial charge in [-0.1, -0.05) is 6.92 Å². The van der Waals surface area contributed by atoms with Gasteiger partial charge >= 0.3 is 0 Å². The Kier molecular flexibility index (Phi) is 6.74. The van der Waals surface area contributed by atoms with Gasteiger partial charge in [0, 0.05) is 11.8 Å². The van der Waals surface area contributed by atoms with E-state index in [0.717, 1.165) is 12.0 Å². The predicted octanol–water partition coefficient (Wildman–Crippen LogP) is 1.05. The number of nitrogens with zero attached hydrogens (tertiary/aromatic N) is 2. The van der Waals surface area contributed by atoms with Crippen LogP contribution < -0.4 is 11.5 Å². The summed E-state index contributed by atoms with van der Waals surface area (Å²) in [5.41, 5.74) is 11.7. The minimum absolute atomic E-state index is 0. The highest BCUT2D eigenvalue weighted by atomic mass is 35.5. The van der Waals surface area contributed by atoms with Crippen LogP contribution in [0.25, 0.3) is 0 Å². The van der Waals surface area contributed by atoms with Gasteiger partial charge in [0.2, 0.25) is 5.95 Å². The van der Waals surface area contributed by atoms with Crippen LogP contribution in [0.5, 0.6) is 0 Å². The first-order valence-corrected chi connectivity index (χ1v) is 3.11. The highest BCUT2D eigenvalue weighted by Gasteiger charge is 1.97. The zero-order valence-corrected chi connectivity index (χ0v) is 8.28. The van der Waals surface area contributed by atoms with Crippen LogP contribution in [0.1, 0.15) is 12.5 Å². The molecule has 0 bridgehead atoms. The van der Waals surface area contributed by atoms with Gasteiger partial charge in [-0.05, 0) is 6.42 Å². The maximum Gasteiger partial charge on any atom is 0.221 e. The van der Waals surface area contributed by atoms with Crippen LogP contribution in [-0.4, -0.2) is 9.97 Å². The van der Waals surface area contributed by atoms with E-state index in [1.165, 1.54) is 0 Å². The Bertz CT molecular complexity index is 241. The molecule has 0 aliphatic heterocycles. The molecule has 0 unspecified atom stereocenters. The highest BCUT2D eigenvalue weighted by Crippen LogP contribution is 2.07. The van der Waals surface area contributed by atoms with Gasteiger partial charge in [0.25, 0.3) is 0 Å². The molecule has 0 fully saturated rings. The Morgan fingerprint density at radius 2 is 1.92 bits per heavy atom. The Hall–Kier alpha value is -0.740. The van der Waals surface area contributed by atoms with Gasteiger partial charge in [-0.25, -0.2) is 4.98 Å². The van der Waals surface area contributed by atoms with Crippen molar-refractivity contribution in [3.8, 4) is 0 Å². The van der Waals surface area contributed by atoms with Crippen molar-refractivity contribution in [1.82, 2.24) is 9.97 Å². The van der Waals surface area contributed by atoms with Gasteiger partial charge < -0.3 is 11.5 Å². The first kappa shape index (κ1) is 13.8. The number of hydrogen-bond donors (Lipinski definition) is 2. The van der Waals surface area contributed by atoms with Crippen LogP contribution in [0.2, 0.25) is 0 Å². The monoisotopic (exact) mass is 210 g/mol. The van der Waals surface area contributed by atoms with Gasteiger partial charge in [-0.2, -0.15) is 4.98 Å². The SMILES string of the molecule is CCc1cnc(N)nc1N.Cl.Cl. The van der Waals surface area contributed by atoms with E-state index in [2.05, 4.69) is 9.97 Å². The quantitative estimate of drug-likeness (QED) is 0.727. The van der Waals surface area contributed by atoms with E-state index in [1.807, 2.05) is 6.92 Å². The molecule has 70 valence electrons. The van der Waals surface area contributed by atoms with Gasteiger partial charge in [0.15, 0.2) is 0 Å². The van der Waals surface area contributed by atoms with Crippen molar-refractivity contribution in [2.24, 2.45) is 0 Å². The first-order chi connectivity index (χ1) is 4.74. The summed E-state index contributed by atoms with van der Waals surface area (Å²) in [5.74, 6) is 0.713. The molecule has 4 nitrogen and oxygen atoms in total. The molecule has 1 aromatic rings. The molecule has 1 rings (SSSR count). The number of anilines is 2. The molecule has 0 atom stereocenters. The number of nitrogen functional groups attached to an aromatic ring is 2. The van der Waals surface area contributed by atoms with Crippen molar-refractivity contribution in [2.45, 2.75) is 13.3 Å². The molecule has 6 heteroatoms. The van der Waals surface area contributed by atoms with Gasteiger partial charge in [-0.3, -0.25) is 0 Å². The second-order valence-electron chi connectivity index (χ2n) is 1.99. The van der Waals surface area contributed by atoms with E-state index in [0.29, 0.717) is 5.82 Å². The Labute approximate surface area is 83.6 Å². The average Bonchev–Trinajstić information content (AvgIpc) is 1.88. The van der Waals surface area contributed by atoms with Crippen LogP contribution in [0.4, 0.5) is 11.8 Å². The molecule has 0 aliphatic rings. The third-order valence-electron chi connectivity index (χ3n) is 1.30. The molecule has 0 aliphatic carbocycles. The summed E-state index contributed by atoms with van der Waals surface area (Å²) in [5, 5.41) is 0. The van der Waals surface area contributed by atoms with Crippen molar-refractivity contribution in [3.63, 3.8) is 0 Å². The van der Waals surface area contributed by atoms with Crippen molar-refractivity contribution < 1.29 is 0 Å². The molecule has 0 aromatic carbocycles. The van der Waals surface area contributed by atoms with Crippen molar-refractivity contribution in [2.75, 3.05) is 11.5 Å². The number of nitrogens with two attached hydrogens (primary N) is 2. The Morgan fingerprint density at radius 3 is 2.33 bits per heavy atom. The lowest BCUT2D eigenvalue weighted by atomic mass is 10.2. The fourth-order valence-electron chi connectivity index (χ4n) is 0.707. The lowest BCUT2D eigenvalue weighted by Gasteiger charge is -1.99. The van der Waals surface area contributed by atoms with Gasteiger partial charge in [0.05, 0.1) is 0 Å². The normalized spacial score (nSPS) is 8.08. The molecular weight excluding hydrogens is 199 g/mol. The maximum absolute atomic E-state index is 5.50. The predicted molar refractivity (Wildman–Crippen MR) is 54.7 cm³/mol. The molecule has 0 saturated heterocycles. The summed E-state index contributed by atoms with van der Waals surface area (Å²) in [6.07, 6.45) is 2.49. The summed E-state index contributed by atoms with van der Waals surface area (Å²) in [6, 6.07) is 0. The van der Waals surface area contributed by atoms with Crippen molar-refractivity contribution >= 4 is 36.6 Å². The Morgan fingerprint density at radius 1 is 1.33 bits per heavy atom. The van der Waals surface area contributed by atoms with Crippen molar-refractivity contribution in [1.29, 1.82) is 0 Å². The smallest absolute Gasteiger partial charge is 0.221 e. The van der Waals surface area contributed by atoms with Gasteiger partial charge in [0.1, 0.15) is 5.82 Å². The molecule has 12 heavy (non-hydrogen) atoms. The molecule has 0 saturated carbocycles. The van der Waals surface area contributed by atoms with E-state index in [4.69, 9.17) is 11.5 Å². The van der Waals surface area contributed by atoms with E-state index >= 15 is 0 Å². The second kappa shape index (κ2) is 5.85. The summed E-state index contributed by atoms with van der Waals surface area (Å²) in [7, 11) is 0. The largest absolute Gasteiger partial charge is 0.383 e. The topological polar surface area (TPSA) is 77.8 Å². The number of rotatable bonds is 1. The highest BCUT2D eigenvalue weighted by molar-refractivity contribution is 5.85. The molecular formula is C6H12Cl2N4. The third kappa shape index (κ3) is 3.11. The standard InChI is InChI=1S/C6H10N4.2ClH/c1-2-4-3-9-6(8)10-5(4)7;;/h3H,2H2,1H3,(H4,7,8,9,10);2*1H. The third-order valence-corrected chi connectivity index (χ3v) is 1.30. The molecule has 0 amide bonds. The number of aromatic nitrogens is 2. The number of halogens is 2. The van der Waals surface area contributed by atoms with Gasteiger partial charge in [-0.15, -0.1) is 24.8 Å². The molecule has 4 N–H and O–H groups in total. The lowest BCUT2D eigenvalue weighted by molar-refractivity contribution is 1.06. The van der Waals surface area contributed by atoms with Crippen LogP contribution in [0, 0.1) is 0 Å². The molecule has 0 radical (unpaired) electrons. The van der Waals surface area contributed by atoms with E-state index in [9.17, 15) is 0 Å². The summed E-state index contributed by atoms with van der Waals surface area (Å²) < 4.78 is 0. The van der Waals surface area contributed by atoms with Crippen LogP contribution in [0.15, 0.2) is 6.20 Å². The fraction of sp³-hybridized carbons (Fsp3) is 0.333. The molecule has 1 heterocycles. The number of aryl methyl sites for hydroxylation is 1. The lowest BCUT2D eigenvalue weighted by Crippen LogP contribution is -2.02. The van der Waals surface area contributed by atoms with Crippen LogP contribution in [-0.2, 0) is 6.42 Å². The van der Waals surface area contributed by atoms with E-state index in [1.54, 1.807) is 6.20 Å². The zero-order chi connectivity index (χ0) is 7.56. The summed E-state index contributed by atoms with van der Waals surface area (Å²) >= 11 is 0.